The number of carbonyl (C=O) groups excluding carboxylic acids is 1. The molecule has 0 aromatic heterocycles. The summed E-state index contributed by atoms with van der Waals surface area (Å²) in [5.74, 6) is 1.29. The molecule has 0 saturated heterocycles. The molecule has 0 heterocycles. The number of nitriles is 1. The zero-order valence-electron chi connectivity index (χ0n) is 14.6. The minimum absolute atomic E-state index is 0.0854. The number of para-hydroxylation sites is 1. The van der Waals surface area contributed by atoms with Gasteiger partial charge in [0.25, 0.3) is 5.91 Å². The van der Waals surface area contributed by atoms with Crippen LogP contribution >= 0.6 is 0 Å². The maximum atomic E-state index is 12.3. The second-order valence-electron chi connectivity index (χ2n) is 6.41. The summed E-state index contributed by atoms with van der Waals surface area (Å²) in [7, 11) is 5.17. The number of hydrogen-bond acceptors (Lipinski definition) is 4. The molecule has 1 amide bonds. The molecule has 1 aliphatic rings. The van der Waals surface area contributed by atoms with Gasteiger partial charge in [-0.1, -0.05) is 6.07 Å². The highest BCUT2D eigenvalue weighted by molar-refractivity contribution is 5.78. The Morgan fingerprint density at radius 2 is 2.04 bits per heavy atom. The lowest BCUT2D eigenvalue weighted by Gasteiger charge is -2.23. The molecular weight excluding hydrogens is 306 g/mol. The van der Waals surface area contributed by atoms with Crippen LogP contribution in [0.4, 0.5) is 0 Å². The monoisotopic (exact) mass is 332 g/mol. The van der Waals surface area contributed by atoms with E-state index in [0.717, 1.165) is 36.1 Å². The zero-order chi connectivity index (χ0) is 17.6. The fraction of sp³-hybridized carbons (Fsp3) is 0.556. The predicted molar refractivity (Wildman–Crippen MR) is 90.0 cm³/mol. The number of nitrogens with one attached hydrogen (secondary N) is 2. The van der Waals surface area contributed by atoms with Crippen molar-refractivity contribution in [2.45, 2.75) is 37.8 Å². The minimum Gasteiger partial charge on any atom is -0.493 e. The predicted octanol–water partition coefficient (Wildman–Crippen LogP) is 0.671. The molecule has 2 rings (SSSR count). The Kier molecular flexibility index (Phi) is 6.04. The summed E-state index contributed by atoms with van der Waals surface area (Å²) >= 11 is 0. The zero-order valence-corrected chi connectivity index (χ0v) is 14.6. The molecule has 6 heteroatoms. The smallest absolute Gasteiger partial charge is 0.276 e. The van der Waals surface area contributed by atoms with Crippen molar-refractivity contribution in [1.29, 1.82) is 5.26 Å². The lowest BCUT2D eigenvalue weighted by molar-refractivity contribution is -0.885. The van der Waals surface area contributed by atoms with E-state index in [1.807, 2.05) is 25.2 Å². The molecule has 130 valence electrons. The van der Waals surface area contributed by atoms with Crippen LogP contribution in [0.2, 0.25) is 0 Å². The summed E-state index contributed by atoms with van der Waals surface area (Å²) in [5, 5.41) is 12.3. The molecule has 1 fully saturated rings. The van der Waals surface area contributed by atoms with Crippen LogP contribution in [0.15, 0.2) is 18.2 Å². The number of amides is 1. The first-order chi connectivity index (χ1) is 11.5. The highest BCUT2D eigenvalue weighted by Crippen LogP contribution is 2.30. The van der Waals surface area contributed by atoms with E-state index < -0.39 is 5.54 Å². The maximum Gasteiger partial charge on any atom is 0.276 e. The van der Waals surface area contributed by atoms with Gasteiger partial charge in [0.2, 0.25) is 0 Å². The van der Waals surface area contributed by atoms with Crippen LogP contribution in [-0.2, 0) is 11.3 Å². The Bertz CT molecular complexity index is 618. The summed E-state index contributed by atoms with van der Waals surface area (Å²) < 4.78 is 10.7. The van der Waals surface area contributed by atoms with Gasteiger partial charge < -0.3 is 19.7 Å². The standard InChI is InChI=1S/C18H25N3O3/c1-21(11-14-7-6-8-15(23-2)17(14)24-3)12-16(22)20-18(13-19)9-4-5-10-18/h6-8H,4-5,9-12H2,1-3H3,(H,20,22)/p+1. The molecule has 1 atom stereocenters. The highest BCUT2D eigenvalue weighted by atomic mass is 16.5. The van der Waals surface area contributed by atoms with Crippen molar-refractivity contribution in [3.63, 3.8) is 0 Å². The molecule has 1 saturated carbocycles. The lowest BCUT2D eigenvalue weighted by Crippen LogP contribution is -3.09. The van der Waals surface area contributed by atoms with Gasteiger partial charge >= 0.3 is 0 Å². The van der Waals surface area contributed by atoms with Gasteiger partial charge in [0, 0.05) is 0 Å². The van der Waals surface area contributed by atoms with Crippen LogP contribution in [0.3, 0.4) is 0 Å². The van der Waals surface area contributed by atoms with Crippen LogP contribution in [0, 0.1) is 11.3 Å². The molecule has 1 unspecified atom stereocenters. The number of ether oxygens (including phenoxy) is 2. The summed E-state index contributed by atoms with van der Waals surface area (Å²) in [6.07, 6.45) is 3.49. The Morgan fingerprint density at radius 3 is 2.62 bits per heavy atom. The number of rotatable bonds is 7. The molecule has 0 radical (unpaired) electrons. The van der Waals surface area contributed by atoms with Crippen molar-refractivity contribution in [3.05, 3.63) is 23.8 Å². The third-order valence-electron chi connectivity index (χ3n) is 4.49. The molecule has 1 aliphatic carbocycles. The quantitative estimate of drug-likeness (QED) is 0.770. The van der Waals surface area contributed by atoms with Gasteiger partial charge in [0.1, 0.15) is 12.1 Å². The molecule has 1 aromatic carbocycles. The fourth-order valence-corrected chi connectivity index (χ4v) is 3.31. The maximum absolute atomic E-state index is 12.3. The molecule has 1 aromatic rings. The van der Waals surface area contributed by atoms with Gasteiger partial charge in [0.15, 0.2) is 18.0 Å². The SMILES string of the molecule is COc1cccc(C[NH+](C)CC(=O)NC2(C#N)CCCC2)c1OC. The molecule has 6 nitrogen and oxygen atoms in total. The van der Waals surface area contributed by atoms with E-state index in [2.05, 4.69) is 11.4 Å². The molecule has 2 N–H and O–H groups in total. The Hall–Kier alpha value is -2.26. The van der Waals surface area contributed by atoms with Gasteiger partial charge in [0.05, 0.1) is 32.9 Å². The second kappa shape index (κ2) is 8.02. The number of nitrogens with zero attached hydrogens (tertiary/aromatic N) is 1. The van der Waals surface area contributed by atoms with E-state index in [4.69, 9.17) is 9.47 Å². The first-order valence-corrected chi connectivity index (χ1v) is 8.27. The average Bonchev–Trinajstić information content (AvgIpc) is 3.03. The lowest BCUT2D eigenvalue weighted by atomic mass is 10.00. The van der Waals surface area contributed by atoms with Crippen LogP contribution in [0.1, 0.15) is 31.2 Å². The third-order valence-corrected chi connectivity index (χ3v) is 4.49. The van der Waals surface area contributed by atoms with E-state index >= 15 is 0 Å². The van der Waals surface area contributed by atoms with Gasteiger partial charge in [-0.3, -0.25) is 4.79 Å². The molecule has 0 spiro atoms. The number of methoxy groups -OCH3 is 2. The Balaban J connectivity index is 1.97. The minimum atomic E-state index is -0.662. The summed E-state index contributed by atoms with van der Waals surface area (Å²) in [6, 6.07) is 8.01. The van der Waals surface area contributed by atoms with Gasteiger partial charge in [-0.15, -0.1) is 0 Å². The van der Waals surface area contributed by atoms with Gasteiger partial charge in [-0.2, -0.15) is 5.26 Å². The number of carbonyl (C=O) groups is 1. The van der Waals surface area contributed by atoms with Crippen molar-refractivity contribution >= 4 is 5.91 Å². The molecule has 24 heavy (non-hydrogen) atoms. The first-order valence-electron chi connectivity index (χ1n) is 8.27. The van der Waals surface area contributed by atoms with Crippen molar-refractivity contribution in [2.24, 2.45) is 0 Å². The largest absolute Gasteiger partial charge is 0.493 e. The van der Waals surface area contributed by atoms with Crippen molar-refractivity contribution in [3.8, 4) is 17.6 Å². The van der Waals surface area contributed by atoms with Crippen molar-refractivity contribution in [1.82, 2.24) is 5.32 Å². The number of likely N-dealkylation sites (N-methyl/N-ethyl adjacent to an activating group) is 1. The van der Waals surface area contributed by atoms with Crippen LogP contribution in [-0.4, -0.2) is 39.3 Å². The summed E-state index contributed by atoms with van der Waals surface area (Å²) in [4.78, 5) is 13.3. The topological polar surface area (TPSA) is 75.8 Å². The average molecular weight is 332 g/mol. The van der Waals surface area contributed by atoms with Crippen LogP contribution < -0.4 is 19.7 Å². The van der Waals surface area contributed by atoms with E-state index in [1.54, 1.807) is 14.2 Å². The van der Waals surface area contributed by atoms with E-state index in [-0.39, 0.29) is 5.91 Å². The first kappa shape index (κ1) is 18.1. The van der Waals surface area contributed by atoms with Gasteiger partial charge in [-0.05, 0) is 37.8 Å². The molecule has 0 aliphatic heterocycles. The van der Waals surface area contributed by atoms with Gasteiger partial charge in [-0.25, -0.2) is 0 Å². The van der Waals surface area contributed by atoms with E-state index in [9.17, 15) is 10.1 Å². The Labute approximate surface area is 143 Å². The number of hydrogen-bond donors (Lipinski definition) is 2. The van der Waals surface area contributed by atoms with E-state index in [0.29, 0.717) is 24.6 Å². The fourth-order valence-electron chi connectivity index (χ4n) is 3.31. The third kappa shape index (κ3) is 4.18. The van der Waals surface area contributed by atoms with Crippen molar-refractivity contribution < 1.29 is 19.2 Å². The second-order valence-corrected chi connectivity index (χ2v) is 6.41. The number of quaternary nitrogens is 1. The summed E-state index contributed by atoms with van der Waals surface area (Å²) in [6.45, 7) is 0.942. The highest BCUT2D eigenvalue weighted by Gasteiger charge is 2.35. The number of benzene rings is 1. The van der Waals surface area contributed by atoms with Crippen LogP contribution in [0.25, 0.3) is 0 Å². The molecule has 0 bridgehead atoms. The summed E-state index contributed by atoms with van der Waals surface area (Å²) in [5.41, 5.74) is 0.323. The van der Waals surface area contributed by atoms with Crippen LogP contribution in [0.5, 0.6) is 11.5 Å². The van der Waals surface area contributed by atoms with E-state index in [1.165, 1.54) is 0 Å². The molecular formula is C18H26N3O3+. The van der Waals surface area contributed by atoms with Crippen molar-refractivity contribution in [2.75, 3.05) is 27.8 Å². The normalized spacial score (nSPS) is 16.9. The Morgan fingerprint density at radius 1 is 1.33 bits per heavy atom.